The number of anilines is 1. The van der Waals surface area contributed by atoms with Crippen LogP contribution in [0, 0.1) is 6.92 Å². The lowest BCUT2D eigenvalue weighted by molar-refractivity contribution is -0.116. The second-order valence-corrected chi connectivity index (χ2v) is 7.15. The number of aromatic amines is 1. The van der Waals surface area contributed by atoms with Crippen molar-refractivity contribution in [2.45, 2.75) is 13.5 Å². The molecule has 0 saturated carbocycles. The van der Waals surface area contributed by atoms with E-state index >= 15 is 0 Å². The third kappa shape index (κ3) is 3.26. The summed E-state index contributed by atoms with van der Waals surface area (Å²) < 4.78 is 6.48. The molecule has 0 fully saturated rings. The number of fused-ring (bicyclic) bond motifs is 2. The van der Waals surface area contributed by atoms with E-state index in [9.17, 15) is 9.59 Å². The summed E-state index contributed by atoms with van der Waals surface area (Å²) in [5, 5.41) is 2.81. The Kier molecular flexibility index (Phi) is 4.21. The number of para-hydroxylation sites is 2. The van der Waals surface area contributed by atoms with E-state index in [4.69, 9.17) is 4.42 Å². The standard InChI is InChI=1S/C23H18N4O3/c1-14-6-11-17-18(12-14)26-22(25-17)15-7-9-16(10-8-15)24-21(28)13-27-19-4-2-3-5-20(19)30-23(27)29/h2-12H,13H2,1H3,(H,24,28)(H,25,26). The Balaban J connectivity index is 1.33. The molecule has 0 atom stereocenters. The molecule has 148 valence electrons. The normalized spacial score (nSPS) is 11.2. The van der Waals surface area contributed by atoms with Crippen LogP contribution in [0.4, 0.5) is 5.69 Å². The first-order valence-electron chi connectivity index (χ1n) is 9.52. The van der Waals surface area contributed by atoms with E-state index in [0.29, 0.717) is 16.8 Å². The van der Waals surface area contributed by atoms with Gasteiger partial charge in [-0.05, 0) is 61.0 Å². The zero-order valence-electron chi connectivity index (χ0n) is 16.2. The van der Waals surface area contributed by atoms with Crippen LogP contribution in [0.2, 0.25) is 0 Å². The van der Waals surface area contributed by atoms with E-state index in [2.05, 4.69) is 21.4 Å². The molecule has 30 heavy (non-hydrogen) atoms. The number of aromatic nitrogens is 3. The van der Waals surface area contributed by atoms with Crippen LogP contribution >= 0.6 is 0 Å². The number of benzene rings is 3. The van der Waals surface area contributed by atoms with Crippen molar-refractivity contribution in [3.05, 3.63) is 82.8 Å². The molecular formula is C23H18N4O3. The van der Waals surface area contributed by atoms with E-state index in [-0.39, 0.29) is 12.5 Å². The zero-order chi connectivity index (χ0) is 20.7. The van der Waals surface area contributed by atoms with Crippen LogP contribution in [-0.4, -0.2) is 20.4 Å². The number of hydrogen-bond acceptors (Lipinski definition) is 4. The van der Waals surface area contributed by atoms with Crippen molar-refractivity contribution in [2.75, 3.05) is 5.32 Å². The smallest absolute Gasteiger partial charge is 0.408 e. The largest absolute Gasteiger partial charge is 0.420 e. The number of imidazole rings is 1. The molecule has 7 heteroatoms. The number of nitrogens with zero attached hydrogens (tertiary/aromatic N) is 2. The molecule has 0 radical (unpaired) electrons. The Morgan fingerprint density at radius 1 is 1.10 bits per heavy atom. The summed E-state index contributed by atoms with van der Waals surface area (Å²) in [5.74, 6) is -0.0951. The molecule has 0 aliphatic heterocycles. The average Bonchev–Trinajstić information content (AvgIpc) is 3.29. The summed E-state index contributed by atoms with van der Waals surface area (Å²) in [7, 11) is 0. The summed E-state index contributed by atoms with van der Waals surface area (Å²) in [5.41, 5.74) is 5.66. The van der Waals surface area contributed by atoms with Crippen LogP contribution in [0.25, 0.3) is 33.5 Å². The average molecular weight is 398 g/mol. The van der Waals surface area contributed by atoms with Gasteiger partial charge < -0.3 is 14.7 Å². The first-order valence-corrected chi connectivity index (χ1v) is 9.52. The maximum Gasteiger partial charge on any atom is 0.420 e. The number of rotatable bonds is 4. The van der Waals surface area contributed by atoms with Crippen molar-refractivity contribution >= 4 is 33.7 Å². The maximum absolute atomic E-state index is 12.4. The molecule has 7 nitrogen and oxygen atoms in total. The van der Waals surface area contributed by atoms with Gasteiger partial charge in [0.05, 0.1) is 16.6 Å². The number of oxazole rings is 1. The number of carbonyl (C=O) groups excluding carboxylic acids is 1. The van der Waals surface area contributed by atoms with Crippen LogP contribution in [0.15, 0.2) is 75.9 Å². The lowest BCUT2D eigenvalue weighted by Gasteiger charge is -2.06. The topological polar surface area (TPSA) is 92.9 Å². The SMILES string of the molecule is Cc1ccc2nc(-c3ccc(NC(=O)Cn4c(=O)oc5ccccc54)cc3)[nH]c2c1. The molecule has 0 aliphatic carbocycles. The maximum atomic E-state index is 12.4. The number of carbonyl (C=O) groups is 1. The van der Waals surface area contributed by atoms with Crippen LogP contribution in [-0.2, 0) is 11.3 Å². The molecule has 1 amide bonds. The van der Waals surface area contributed by atoms with E-state index in [1.165, 1.54) is 10.1 Å². The predicted molar refractivity (Wildman–Crippen MR) is 115 cm³/mol. The molecule has 5 rings (SSSR count). The van der Waals surface area contributed by atoms with Gasteiger partial charge in [0.25, 0.3) is 0 Å². The van der Waals surface area contributed by atoms with Gasteiger partial charge in [-0.25, -0.2) is 9.78 Å². The number of aryl methyl sites for hydroxylation is 1. The Morgan fingerprint density at radius 3 is 2.73 bits per heavy atom. The second-order valence-electron chi connectivity index (χ2n) is 7.15. The van der Waals surface area contributed by atoms with Crippen LogP contribution in [0.1, 0.15) is 5.56 Å². The number of hydrogen-bond donors (Lipinski definition) is 2. The second kappa shape index (κ2) is 7.04. The van der Waals surface area contributed by atoms with Crippen molar-refractivity contribution in [3.63, 3.8) is 0 Å². The summed E-state index contributed by atoms with van der Waals surface area (Å²) in [6.07, 6.45) is 0. The van der Waals surface area contributed by atoms with Crippen LogP contribution in [0.3, 0.4) is 0 Å². The van der Waals surface area contributed by atoms with E-state index in [1.54, 1.807) is 24.3 Å². The molecule has 2 heterocycles. The number of H-pyrrole nitrogens is 1. The van der Waals surface area contributed by atoms with Gasteiger partial charge in [0, 0.05) is 11.3 Å². The fourth-order valence-corrected chi connectivity index (χ4v) is 3.48. The molecular weight excluding hydrogens is 380 g/mol. The highest BCUT2D eigenvalue weighted by atomic mass is 16.4. The molecule has 0 spiro atoms. The lowest BCUT2D eigenvalue weighted by Crippen LogP contribution is -2.24. The number of nitrogens with one attached hydrogen (secondary N) is 2. The third-order valence-electron chi connectivity index (χ3n) is 4.95. The van der Waals surface area contributed by atoms with Crippen LogP contribution < -0.4 is 11.1 Å². The highest BCUT2D eigenvalue weighted by molar-refractivity contribution is 5.91. The molecule has 0 unspecified atom stereocenters. The summed E-state index contributed by atoms with van der Waals surface area (Å²) >= 11 is 0. The van der Waals surface area contributed by atoms with Crippen molar-refractivity contribution in [2.24, 2.45) is 0 Å². The monoisotopic (exact) mass is 398 g/mol. The Bertz CT molecular complexity index is 1440. The van der Waals surface area contributed by atoms with E-state index < -0.39 is 5.76 Å². The van der Waals surface area contributed by atoms with Gasteiger partial charge in [0.1, 0.15) is 12.4 Å². The quantitative estimate of drug-likeness (QED) is 0.477. The van der Waals surface area contributed by atoms with Gasteiger partial charge in [-0.1, -0.05) is 18.2 Å². The van der Waals surface area contributed by atoms with Crippen molar-refractivity contribution in [3.8, 4) is 11.4 Å². The molecule has 3 aromatic carbocycles. The van der Waals surface area contributed by atoms with Gasteiger partial charge in [-0.2, -0.15) is 0 Å². The van der Waals surface area contributed by atoms with Gasteiger partial charge in [0.2, 0.25) is 5.91 Å². The van der Waals surface area contributed by atoms with Crippen molar-refractivity contribution < 1.29 is 9.21 Å². The minimum atomic E-state index is -0.554. The third-order valence-corrected chi connectivity index (χ3v) is 4.95. The first kappa shape index (κ1) is 17.9. The van der Waals surface area contributed by atoms with Gasteiger partial charge in [0.15, 0.2) is 5.58 Å². The first-order chi connectivity index (χ1) is 14.6. The molecule has 5 aromatic rings. The number of amides is 1. The summed E-state index contributed by atoms with van der Waals surface area (Å²) in [6.45, 7) is 1.92. The van der Waals surface area contributed by atoms with Crippen molar-refractivity contribution in [1.82, 2.24) is 14.5 Å². The van der Waals surface area contributed by atoms with E-state index in [1.807, 2.05) is 43.3 Å². The van der Waals surface area contributed by atoms with Gasteiger partial charge >= 0.3 is 5.76 Å². The fourth-order valence-electron chi connectivity index (χ4n) is 3.48. The Labute approximate surface area is 171 Å². The fraction of sp³-hybridized carbons (Fsp3) is 0.0870. The predicted octanol–water partition coefficient (Wildman–Crippen LogP) is 4.08. The molecule has 0 aliphatic rings. The Morgan fingerprint density at radius 2 is 1.90 bits per heavy atom. The molecule has 2 N–H and O–H groups in total. The minimum Gasteiger partial charge on any atom is -0.408 e. The summed E-state index contributed by atoms with van der Waals surface area (Å²) in [6, 6.07) is 20.5. The molecule has 0 saturated heterocycles. The zero-order valence-corrected chi connectivity index (χ0v) is 16.2. The molecule has 0 bridgehead atoms. The van der Waals surface area contributed by atoms with Crippen molar-refractivity contribution in [1.29, 1.82) is 0 Å². The highest BCUT2D eigenvalue weighted by Gasteiger charge is 2.13. The Hall–Kier alpha value is -4.13. The van der Waals surface area contributed by atoms with Crippen LogP contribution in [0.5, 0.6) is 0 Å². The van der Waals surface area contributed by atoms with Gasteiger partial charge in [-0.3, -0.25) is 9.36 Å². The summed E-state index contributed by atoms with van der Waals surface area (Å²) in [4.78, 5) is 32.4. The molecule has 2 aromatic heterocycles. The van der Waals surface area contributed by atoms with E-state index in [0.717, 1.165) is 22.4 Å². The van der Waals surface area contributed by atoms with Gasteiger partial charge in [-0.15, -0.1) is 0 Å². The minimum absolute atomic E-state index is 0.124. The highest BCUT2D eigenvalue weighted by Crippen LogP contribution is 2.23. The lowest BCUT2D eigenvalue weighted by atomic mass is 10.2.